The van der Waals surface area contributed by atoms with Crippen molar-refractivity contribution in [3.63, 3.8) is 0 Å². The molecule has 3 aromatic rings. The molecule has 4 rings (SSSR count). The number of benzene rings is 1. The summed E-state index contributed by atoms with van der Waals surface area (Å²) in [6.07, 6.45) is 3.70. The van der Waals surface area contributed by atoms with Gasteiger partial charge in [-0.3, -0.25) is 9.48 Å². The van der Waals surface area contributed by atoms with E-state index in [0.717, 1.165) is 40.7 Å². The highest BCUT2D eigenvalue weighted by Gasteiger charge is 2.30. The average molecular weight is 402 g/mol. The van der Waals surface area contributed by atoms with Crippen molar-refractivity contribution in [2.24, 2.45) is 14.1 Å². The molecule has 0 N–H and O–H groups in total. The van der Waals surface area contributed by atoms with Crippen molar-refractivity contribution in [3.05, 3.63) is 46.5 Å². The van der Waals surface area contributed by atoms with Crippen molar-refractivity contribution < 1.29 is 4.79 Å². The number of piperidine rings is 1. The third-order valence-corrected chi connectivity index (χ3v) is 5.57. The number of carbonyl (C=O) groups excluding carboxylic acids is 1. The van der Waals surface area contributed by atoms with Crippen molar-refractivity contribution in [2.75, 3.05) is 13.1 Å². The SMILES string of the molecule is Cn1ncc(Br)c1C(=O)N1CCCC(c2nc3ccccc3n2C)C1. The van der Waals surface area contributed by atoms with Gasteiger partial charge in [-0.15, -0.1) is 0 Å². The highest BCUT2D eigenvalue weighted by atomic mass is 79.9. The van der Waals surface area contributed by atoms with E-state index < -0.39 is 0 Å². The zero-order valence-corrected chi connectivity index (χ0v) is 15.9. The van der Waals surface area contributed by atoms with E-state index in [2.05, 4.69) is 38.7 Å². The standard InChI is InChI=1S/C18H20BrN5O/c1-22-15-8-4-3-7-14(15)21-17(22)12-6-5-9-24(11-12)18(25)16-13(19)10-20-23(16)2/h3-4,7-8,10,12H,5-6,9,11H2,1-2H3. The Kier molecular flexibility index (Phi) is 4.11. The molecule has 25 heavy (non-hydrogen) atoms. The van der Waals surface area contributed by atoms with Crippen LogP contribution in [0.25, 0.3) is 11.0 Å². The number of hydrogen-bond donors (Lipinski definition) is 0. The first-order valence-corrected chi connectivity index (χ1v) is 9.23. The van der Waals surface area contributed by atoms with E-state index in [9.17, 15) is 4.79 Å². The molecule has 0 bridgehead atoms. The number of halogens is 1. The van der Waals surface area contributed by atoms with Crippen LogP contribution in [0.5, 0.6) is 0 Å². The number of para-hydroxylation sites is 2. The Bertz CT molecular complexity index is 925. The summed E-state index contributed by atoms with van der Waals surface area (Å²) in [4.78, 5) is 19.7. The number of likely N-dealkylation sites (tertiary alicyclic amines) is 1. The summed E-state index contributed by atoms with van der Waals surface area (Å²) < 4.78 is 4.53. The van der Waals surface area contributed by atoms with Gasteiger partial charge in [-0.05, 0) is 40.9 Å². The van der Waals surface area contributed by atoms with E-state index in [1.807, 2.05) is 23.1 Å². The molecule has 1 aromatic carbocycles. The molecular formula is C18H20BrN5O. The third kappa shape index (κ3) is 2.76. The van der Waals surface area contributed by atoms with Gasteiger partial charge in [-0.1, -0.05) is 12.1 Å². The van der Waals surface area contributed by atoms with Crippen LogP contribution >= 0.6 is 15.9 Å². The van der Waals surface area contributed by atoms with E-state index in [4.69, 9.17) is 4.98 Å². The molecular weight excluding hydrogens is 382 g/mol. The van der Waals surface area contributed by atoms with Gasteiger partial charge in [0.05, 0.1) is 21.7 Å². The van der Waals surface area contributed by atoms with Crippen LogP contribution in [-0.4, -0.2) is 43.2 Å². The van der Waals surface area contributed by atoms with Crippen LogP contribution in [0.15, 0.2) is 34.9 Å². The van der Waals surface area contributed by atoms with Gasteiger partial charge in [0.15, 0.2) is 0 Å². The summed E-state index contributed by atoms with van der Waals surface area (Å²) in [5, 5.41) is 4.16. The summed E-state index contributed by atoms with van der Waals surface area (Å²) >= 11 is 3.43. The Morgan fingerprint density at radius 1 is 1.28 bits per heavy atom. The van der Waals surface area contributed by atoms with Crippen LogP contribution in [0.1, 0.15) is 35.1 Å². The second-order valence-corrected chi connectivity index (χ2v) is 7.43. The van der Waals surface area contributed by atoms with Gasteiger partial charge >= 0.3 is 0 Å². The lowest BCUT2D eigenvalue weighted by molar-refractivity contribution is 0.0691. The fourth-order valence-corrected chi connectivity index (χ4v) is 4.22. The maximum Gasteiger partial charge on any atom is 0.273 e. The number of hydrogen-bond acceptors (Lipinski definition) is 3. The van der Waals surface area contributed by atoms with Crippen molar-refractivity contribution in [1.29, 1.82) is 0 Å². The van der Waals surface area contributed by atoms with Gasteiger partial charge in [0.1, 0.15) is 11.5 Å². The van der Waals surface area contributed by atoms with Crippen LogP contribution < -0.4 is 0 Å². The Morgan fingerprint density at radius 3 is 2.80 bits per heavy atom. The third-order valence-electron chi connectivity index (χ3n) is 4.99. The quantitative estimate of drug-likeness (QED) is 0.662. The number of amides is 1. The molecule has 1 aliphatic heterocycles. The fraction of sp³-hybridized carbons (Fsp3) is 0.389. The molecule has 0 spiro atoms. The second-order valence-electron chi connectivity index (χ2n) is 6.57. The monoisotopic (exact) mass is 401 g/mol. The lowest BCUT2D eigenvalue weighted by atomic mass is 9.97. The first-order chi connectivity index (χ1) is 12.1. The Labute approximate surface area is 154 Å². The topological polar surface area (TPSA) is 56.0 Å². The number of rotatable bonds is 2. The molecule has 1 fully saturated rings. The Morgan fingerprint density at radius 2 is 2.08 bits per heavy atom. The van der Waals surface area contributed by atoms with Gasteiger partial charge in [-0.25, -0.2) is 4.98 Å². The smallest absolute Gasteiger partial charge is 0.273 e. The zero-order valence-electron chi connectivity index (χ0n) is 14.3. The molecule has 1 amide bonds. The van der Waals surface area contributed by atoms with E-state index >= 15 is 0 Å². The summed E-state index contributed by atoms with van der Waals surface area (Å²) in [6, 6.07) is 8.17. The minimum Gasteiger partial charge on any atom is -0.337 e. The molecule has 7 heteroatoms. The second kappa shape index (κ2) is 6.29. The normalized spacial score (nSPS) is 18.0. The van der Waals surface area contributed by atoms with Crippen LogP contribution in [0, 0.1) is 0 Å². The molecule has 2 aromatic heterocycles. The molecule has 130 valence electrons. The van der Waals surface area contributed by atoms with Gasteiger partial charge in [0.2, 0.25) is 0 Å². The van der Waals surface area contributed by atoms with Crippen LogP contribution in [0.3, 0.4) is 0 Å². The Balaban J connectivity index is 1.62. The molecule has 1 unspecified atom stereocenters. The molecule has 3 heterocycles. The van der Waals surface area contributed by atoms with E-state index in [1.54, 1.807) is 17.9 Å². The molecule has 0 saturated carbocycles. The number of carbonyl (C=O) groups is 1. The molecule has 0 radical (unpaired) electrons. The van der Waals surface area contributed by atoms with E-state index in [-0.39, 0.29) is 11.8 Å². The van der Waals surface area contributed by atoms with Crippen molar-refractivity contribution in [1.82, 2.24) is 24.2 Å². The van der Waals surface area contributed by atoms with Crippen LogP contribution in [0.4, 0.5) is 0 Å². The molecule has 1 aliphatic rings. The highest BCUT2D eigenvalue weighted by molar-refractivity contribution is 9.10. The van der Waals surface area contributed by atoms with Crippen LogP contribution in [0.2, 0.25) is 0 Å². The average Bonchev–Trinajstić information content (AvgIpc) is 3.14. The number of nitrogens with zero attached hydrogens (tertiary/aromatic N) is 5. The first kappa shape index (κ1) is 16.3. The van der Waals surface area contributed by atoms with Crippen molar-refractivity contribution >= 4 is 32.9 Å². The predicted molar refractivity (Wildman–Crippen MR) is 99.5 cm³/mol. The molecule has 0 aliphatic carbocycles. The maximum atomic E-state index is 12.9. The number of fused-ring (bicyclic) bond motifs is 1. The summed E-state index contributed by atoms with van der Waals surface area (Å²) in [6.45, 7) is 1.46. The van der Waals surface area contributed by atoms with Gasteiger partial charge < -0.3 is 9.47 Å². The lowest BCUT2D eigenvalue weighted by Crippen LogP contribution is -2.40. The van der Waals surface area contributed by atoms with E-state index in [1.165, 1.54) is 0 Å². The summed E-state index contributed by atoms with van der Waals surface area (Å²) in [5.74, 6) is 1.33. The highest BCUT2D eigenvalue weighted by Crippen LogP contribution is 2.30. The van der Waals surface area contributed by atoms with E-state index in [0.29, 0.717) is 12.2 Å². The van der Waals surface area contributed by atoms with Crippen LogP contribution in [-0.2, 0) is 14.1 Å². The minimum absolute atomic E-state index is 0.0235. The van der Waals surface area contributed by atoms with Gasteiger partial charge in [-0.2, -0.15) is 5.10 Å². The number of aromatic nitrogens is 4. The first-order valence-electron chi connectivity index (χ1n) is 8.44. The zero-order chi connectivity index (χ0) is 17.6. The maximum absolute atomic E-state index is 12.9. The van der Waals surface area contributed by atoms with Gasteiger partial charge in [0, 0.05) is 33.1 Å². The number of imidazole rings is 1. The largest absolute Gasteiger partial charge is 0.337 e. The molecule has 1 atom stereocenters. The summed E-state index contributed by atoms with van der Waals surface area (Å²) in [7, 11) is 3.86. The Hall–Kier alpha value is -2.15. The number of aryl methyl sites for hydroxylation is 2. The molecule has 1 saturated heterocycles. The van der Waals surface area contributed by atoms with Crippen molar-refractivity contribution in [3.8, 4) is 0 Å². The summed E-state index contributed by atoms with van der Waals surface area (Å²) in [5.41, 5.74) is 2.75. The minimum atomic E-state index is 0.0235. The predicted octanol–water partition coefficient (Wildman–Crippen LogP) is 3.09. The van der Waals surface area contributed by atoms with Crippen molar-refractivity contribution in [2.45, 2.75) is 18.8 Å². The van der Waals surface area contributed by atoms with Gasteiger partial charge in [0.25, 0.3) is 5.91 Å². The molecule has 6 nitrogen and oxygen atoms in total. The lowest BCUT2D eigenvalue weighted by Gasteiger charge is -2.32. The fourth-order valence-electron chi connectivity index (χ4n) is 3.70.